The van der Waals surface area contributed by atoms with Crippen LogP contribution in [-0.2, 0) is 11.2 Å². The van der Waals surface area contributed by atoms with Crippen LogP contribution in [0.4, 0.5) is 5.00 Å². The third kappa shape index (κ3) is 4.46. The van der Waals surface area contributed by atoms with Crippen molar-refractivity contribution in [3.8, 4) is 0 Å². The fraction of sp³-hybridized carbons (Fsp3) is 0.179. The molecule has 168 valence electrons. The topological polar surface area (TPSA) is 38.7 Å². The maximum absolute atomic E-state index is 13.1. The molecule has 0 atom stereocenters. The zero-order chi connectivity index (χ0) is 23.3. The van der Waals surface area contributed by atoms with Crippen LogP contribution in [0, 0.1) is 6.92 Å². The molecule has 1 aromatic heterocycles. The number of nitrogens with zero attached hydrogens (tertiary/aromatic N) is 1. The maximum atomic E-state index is 13.1. The molecular formula is C28H28NO2PS. The summed E-state index contributed by atoms with van der Waals surface area (Å²) >= 11 is 1.59. The molecule has 4 rings (SSSR count). The van der Waals surface area contributed by atoms with Crippen LogP contribution < -0.4 is 15.9 Å². The van der Waals surface area contributed by atoms with Crippen molar-refractivity contribution in [2.24, 2.45) is 4.74 Å². The van der Waals surface area contributed by atoms with Gasteiger partial charge in [0.25, 0.3) is 0 Å². The van der Waals surface area contributed by atoms with Crippen LogP contribution in [0.5, 0.6) is 0 Å². The Morgan fingerprint density at radius 2 is 1.27 bits per heavy atom. The van der Waals surface area contributed by atoms with Gasteiger partial charge in [0.1, 0.15) is 5.00 Å². The Morgan fingerprint density at radius 3 is 1.67 bits per heavy atom. The lowest BCUT2D eigenvalue weighted by atomic mass is 10.1. The van der Waals surface area contributed by atoms with E-state index in [0.29, 0.717) is 12.2 Å². The van der Waals surface area contributed by atoms with Crippen LogP contribution in [0.2, 0.25) is 0 Å². The quantitative estimate of drug-likeness (QED) is 0.224. The van der Waals surface area contributed by atoms with Crippen molar-refractivity contribution in [2.75, 3.05) is 6.61 Å². The van der Waals surface area contributed by atoms with E-state index >= 15 is 0 Å². The van der Waals surface area contributed by atoms with E-state index in [1.54, 1.807) is 11.3 Å². The molecular weight excluding hydrogens is 445 g/mol. The van der Waals surface area contributed by atoms with Gasteiger partial charge in [0.05, 0.1) is 19.2 Å². The molecule has 0 saturated heterocycles. The molecule has 0 unspecified atom stereocenters. The Bertz CT molecular complexity index is 1180. The van der Waals surface area contributed by atoms with E-state index < -0.39 is 7.05 Å². The van der Waals surface area contributed by atoms with E-state index in [2.05, 4.69) is 86.6 Å². The van der Waals surface area contributed by atoms with E-state index in [9.17, 15) is 4.79 Å². The summed E-state index contributed by atoms with van der Waals surface area (Å²) < 4.78 is 11.0. The summed E-state index contributed by atoms with van der Waals surface area (Å²) in [6.45, 7) is 6.33. The molecule has 3 nitrogen and oxygen atoms in total. The Morgan fingerprint density at radius 1 is 0.818 bits per heavy atom. The minimum atomic E-state index is -2.45. The number of thiophene rings is 1. The van der Waals surface area contributed by atoms with Gasteiger partial charge in [0.15, 0.2) is 0 Å². The van der Waals surface area contributed by atoms with Gasteiger partial charge in [-0.05, 0) is 25.8 Å². The van der Waals surface area contributed by atoms with Crippen molar-refractivity contribution in [1.29, 1.82) is 0 Å². The van der Waals surface area contributed by atoms with E-state index in [1.165, 1.54) is 0 Å². The SMILES string of the molecule is CCOC(=O)c1c(N=P(c2ccccc2)(c2ccccc2)c2ccccc2)sc(C)c1CC. The molecule has 5 heteroatoms. The van der Waals surface area contributed by atoms with Gasteiger partial charge in [-0.15, -0.1) is 11.3 Å². The Kier molecular flexibility index (Phi) is 7.27. The van der Waals surface area contributed by atoms with Gasteiger partial charge < -0.3 is 4.74 Å². The van der Waals surface area contributed by atoms with E-state index in [0.717, 1.165) is 37.8 Å². The van der Waals surface area contributed by atoms with Crippen molar-refractivity contribution in [3.63, 3.8) is 0 Å². The van der Waals surface area contributed by atoms with Crippen molar-refractivity contribution in [1.82, 2.24) is 0 Å². The number of hydrogen-bond acceptors (Lipinski definition) is 4. The molecule has 3 aromatic carbocycles. The summed E-state index contributed by atoms with van der Waals surface area (Å²) in [5, 5.41) is 4.22. The van der Waals surface area contributed by atoms with Crippen molar-refractivity contribution in [2.45, 2.75) is 27.2 Å². The van der Waals surface area contributed by atoms with Crippen LogP contribution >= 0.6 is 18.4 Å². The molecule has 0 radical (unpaired) electrons. The Labute approximate surface area is 200 Å². The first-order chi connectivity index (χ1) is 16.1. The first-order valence-corrected chi connectivity index (χ1v) is 13.8. The van der Waals surface area contributed by atoms with Crippen LogP contribution in [0.3, 0.4) is 0 Å². The lowest BCUT2D eigenvalue weighted by Crippen LogP contribution is -2.25. The molecule has 33 heavy (non-hydrogen) atoms. The molecule has 0 bridgehead atoms. The fourth-order valence-electron chi connectivity index (χ4n) is 4.16. The average Bonchev–Trinajstić information content (AvgIpc) is 3.19. The second kappa shape index (κ2) is 10.3. The average molecular weight is 474 g/mol. The van der Waals surface area contributed by atoms with Crippen LogP contribution in [0.25, 0.3) is 0 Å². The molecule has 0 amide bonds. The van der Waals surface area contributed by atoms with Crippen LogP contribution in [0.1, 0.15) is 34.6 Å². The largest absolute Gasteiger partial charge is 0.462 e. The molecule has 0 spiro atoms. The molecule has 1 heterocycles. The number of aryl methyl sites for hydroxylation is 1. The first-order valence-electron chi connectivity index (χ1n) is 11.2. The fourth-order valence-corrected chi connectivity index (χ4v) is 9.08. The number of hydrogen-bond donors (Lipinski definition) is 0. The summed E-state index contributed by atoms with van der Waals surface area (Å²) in [6, 6.07) is 31.4. The van der Waals surface area contributed by atoms with Gasteiger partial charge in [0.2, 0.25) is 0 Å². The standard InChI is InChI=1S/C28H28NO2PS/c1-4-25-21(3)33-27(26(25)28(30)31-5-2)29-32(22-15-9-6-10-16-22,23-17-11-7-12-18-23)24-19-13-8-14-20-24/h6-20H,4-5H2,1-3H3. The van der Waals surface area contributed by atoms with Crippen LogP contribution in [-0.4, -0.2) is 12.6 Å². The molecule has 0 fully saturated rings. The van der Waals surface area contributed by atoms with Gasteiger partial charge in [0, 0.05) is 20.8 Å². The number of carbonyl (C=O) groups is 1. The normalized spacial score (nSPS) is 11.2. The molecule has 0 aliphatic rings. The van der Waals surface area contributed by atoms with Gasteiger partial charge in [-0.1, -0.05) is 97.9 Å². The molecule has 0 saturated carbocycles. The van der Waals surface area contributed by atoms with Gasteiger partial charge in [-0.25, -0.2) is 9.54 Å². The highest BCUT2D eigenvalue weighted by Crippen LogP contribution is 2.52. The zero-order valence-corrected chi connectivity index (χ0v) is 20.9. The third-order valence-corrected chi connectivity index (χ3v) is 10.5. The monoisotopic (exact) mass is 473 g/mol. The van der Waals surface area contributed by atoms with Gasteiger partial charge in [-0.3, -0.25) is 0 Å². The van der Waals surface area contributed by atoms with E-state index in [-0.39, 0.29) is 5.97 Å². The highest BCUT2D eigenvalue weighted by atomic mass is 32.1. The van der Waals surface area contributed by atoms with Crippen molar-refractivity contribution < 1.29 is 9.53 Å². The predicted octanol–water partition coefficient (Wildman–Crippen LogP) is 6.60. The lowest BCUT2D eigenvalue weighted by Gasteiger charge is -2.26. The zero-order valence-electron chi connectivity index (χ0n) is 19.2. The van der Waals surface area contributed by atoms with Crippen molar-refractivity contribution in [3.05, 3.63) is 107 Å². The molecule has 0 N–H and O–H groups in total. The van der Waals surface area contributed by atoms with Crippen molar-refractivity contribution >= 4 is 45.3 Å². The number of benzene rings is 3. The lowest BCUT2D eigenvalue weighted by molar-refractivity contribution is 0.0526. The summed E-state index contributed by atoms with van der Waals surface area (Å²) in [5.74, 6) is -0.287. The highest BCUT2D eigenvalue weighted by molar-refractivity contribution is 7.87. The minimum absolute atomic E-state index is 0.287. The number of esters is 1. The number of rotatable bonds is 7. The number of ether oxygens (including phenoxy) is 1. The summed E-state index contributed by atoms with van der Waals surface area (Å²) in [6.07, 6.45) is 0.763. The Balaban J connectivity index is 2.15. The second-order valence-corrected chi connectivity index (χ2v) is 11.9. The first kappa shape index (κ1) is 23.2. The smallest absolute Gasteiger partial charge is 0.341 e. The summed E-state index contributed by atoms with van der Waals surface area (Å²) in [5.41, 5.74) is 1.65. The minimum Gasteiger partial charge on any atom is -0.462 e. The van der Waals surface area contributed by atoms with Crippen LogP contribution in [0.15, 0.2) is 95.7 Å². The highest BCUT2D eigenvalue weighted by Gasteiger charge is 2.30. The van der Waals surface area contributed by atoms with Gasteiger partial charge >= 0.3 is 5.97 Å². The third-order valence-electron chi connectivity index (χ3n) is 5.65. The predicted molar refractivity (Wildman–Crippen MR) is 142 cm³/mol. The Hall–Kier alpha value is -2.94. The molecule has 4 aromatic rings. The molecule has 0 aliphatic carbocycles. The van der Waals surface area contributed by atoms with Gasteiger partial charge in [-0.2, -0.15) is 0 Å². The summed E-state index contributed by atoms with van der Waals surface area (Å²) in [7, 11) is -2.45. The maximum Gasteiger partial charge on any atom is 0.341 e. The van der Waals surface area contributed by atoms with E-state index in [1.807, 2.05) is 25.1 Å². The molecule has 0 aliphatic heterocycles. The number of carbonyl (C=O) groups excluding carboxylic acids is 1. The van der Waals surface area contributed by atoms with E-state index in [4.69, 9.17) is 9.48 Å². The second-order valence-electron chi connectivity index (χ2n) is 7.63. The summed E-state index contributed by atoms with van der Waals surface area (Å²) in [4.78, 5) is 14.2.